The highest BCUT2D eigenvalue weighted by molar-refractivity contribution is 5.46. The number of hydrogen-bond acceptors (Lipinski definition) is 1. The van der Waals surface area contributed by atoms with E-state index in [0.717, 1.165) is 6.42 Å². The van der Waals surface area contributed by atoms with Gasteiger partial charge in [-0.25, -0.2) is 0 Å². The maximum Gasteiger partial charge on any atom is 0.207 e. The van der Waals surface area contributed by atoms with E-state index in [-0.39, 0.29) is 0 Å². The first kappa shape index (κ1) is 7.21. The molecule has 0 spiro atoms. The van der Waals surface area contributed by atoms with Gasteiger partial charge in [-0.05, 0) is 6.42 Å². The van der Waals surface area contributed by atoms with Crippen molar-refractivity contribution >= 4 is 6.41 Å². The van der Waals surface area contributed by atoms with Gasteiger partial charge in [-0.1, -0.05) is 19.1 Å². The van der Waals surface area contributed by atoms with Gasteiger partial charge in [-0.2, -0.15) is 0 Å². The predicted octanol–water partition coefficient (Wildman–Crippen LogP) is 0.699. The predicted molar refractivity (Wildman–Crippen MR) is 33.5 cm³/mol. The molecule has 0 unspecified atom stereocenters. The minimum atomic E-state index is 0.650. The summed E-state index contributed by atoms with van der Waals surface area (Å²) < 4.78 is 0. The average molecular weight is 113 g/mol. The number of carbonyl (C=O) groups excluding carboxylic acids is 1. The molecule has 0 radical (unpaired) electrons. The fourth-order valence-electron chi connectivity index (χ4n) is 0.366. The molecular weight excluding hydrogens is 102 g/mol. The van der Waals surface area contributed by atoms with Crippen LogP contribution in [0, 0.1) is 0 Å². The van der Waals surface area contributed by atoms with Crippen molar-refractivity contribution in [3.63, 3.8) is 0 Å². The van der Waals surface area contributed by atoms with Crippen molar-refractivity contribution in [2.24, 2.45) is 0 Å². The molecule has 0 saturated carbocycles. The van der Waals surface area contributed by atoms with Crippen LogP contribution in [0.1, 0.15) is 13.3 Å². The molecule has 0 saturated heterocycles. The summed E-state index contributed by atoms with van der Waals surface area (Å²) in [7, 11) is 0. The summed E-state index contributed by atoms with van der Waals surface area (Å²) in [4.78, 5) is 9.62. The molecule has 8 heavy (non-hydrogen) atoms. The number of carbonyl (C=O) groups is 1. The highest BCUT2D eigenvalue weighted by Gasteiger charge is 1.69. The molecule has 46 valence electrons. The Kier molecular flexibility index (Phi) is 5.60. The van der Waals surface area contributed by atoms with Gasteiger partial charge in [-0.15, -0.1) is 0 Å². The van der Waals surface area contributed by atoms with Crippen LogP contribution in [0.3, 0.4) is 0 Å². The van der Waals surface area contributed by atoms with Crippen LogP contribution in [0.25, 0.3) is 0 Å². The molecule has 1 amide bonds. The Labute approximate surface area is 49.6 Å². The summed E-state index contributed by atoms with van der Waals surface area (Å²) in [5, 5.41) is 2.52. The number of rotatable bonds is 4. The first-order valence-electron chi connectivity index (χ1n) is 2.73. The zero-order chi connectivity index (χ0) is 6.24. The van der Waals surface area contributed by atoms with Gasteiger partial charge in [0.15, 0.2) is 0 Å². The van der Waals surface area contributed by atoms with Crippen LogP contribution in [0.5, 0.6) is 0 Å². The fraction of sp³-hybridized carbons (Fsp3) is 0.500. The lowest BCUT2D eigenvalue weighted by Gasteiger charge is -1.85. The van der Waals surface area contributed by atoms with Crippen molar-refractivity contribution in [3.05, 3.63) is 12.2 Å². The van der Waals surface area contributed by atoms with Crippen molar-refractivity contribution in [2.75, 3.05) is 6.54 Å². The lowest BCUT2D eigenvalue weighted by molar-refractivity contribution is -0.109. The molecule has 2 nitrogen and oxygen atoms in total. The van der Waals surface area contributed by atoms with Crippen LogP contribution >= 0.6 is 0 Å². The van der Waals surface area contributed by atoms with Gasteiger partial charge < -0.3 is 5.32 Å². The first-order chi connectivity index (χ1) is 3.91. The summed E-state index contributed by atoms with van der Waals surface area (Å²) in [5.41, 5.74) is 0. The van der Waals surface area contributed by atoms with Crippen molar-refractivity contribution in [1.29, 1.82) is 0 Å². The lowest BCUT2D eigenvalue weighted by atomic mass is 10.4. The molecule has 1 N–H and O–H groups in total. The highest BCUT2D eigenvalue weighted by Crippen LogP contribution is 1.75. The maximum absolute atomic E-state index is 9.62. The molecule has 0 heterocycles. The Balaban J connectivity index is 2.90. The molecule has 2 heteroatoms. The van der Waals surface area contributed by atoms with E-state index in [1.54, 1.807) is 0 Å². The summed E-state index contributed by atoms with van der Waals surface area (Å²) >= 11 is 0. The molecule has 0 aliphatic rings. The SMILES string of the molecule is CC/C=C/CNC=O. The number of allylic oxidation sites excluding steroid dienone is 1. The fourth-order valence-corrected chi connectivity index (χ4v) is 0.366. The second-order valence-electron chi connectivity index (χ2n) is 1.41. The second kappa shape index (κ2) is 6.21. The summed E-state index contributed by atoms with van der Waals surface area (Å²) in [5.74, 6) is 0. The monoisotopic (exact) mass is 113 g/mol. The Hall–Kier alpha value is -0.790. The molecule has 0 bridgehead atoms. The van der Waals surface area contributed by atoms with Gasteiger partial charge in [0.05, 0.1) is 0 Å². The third kappa shape index (κ3) is 5.21. The van der Waals surface area contributed by atoms with Gasteiger partial charge in [0.25, 0.3) is 0 Å². The lowest BCUT2D eigenvalue weighted by Crippen LogP contribution is -2.09. The smallest absolute Gasteiger partial charge is 0.207 e. The molecule has 0 rings (SSSR count). The van der Waals surface area contributed by atoms with E-state index in [0.29, 0.717) is 13.0 Å². The van der Waals surface area contributed by atoms with E-state index >= 15 is 0 Å². The van der Waals surface area contributed by atoms with E-state index in [2.05, 4.69) is 12.2 Å². The van der Waals surface area contributed by atoms with Crippen LogP contribution in [0.2, 0.25) is 0 Å². The molecule has 0 aromatic heterocycles. The maximum atomic E-state index is 9.62. The van der Waals surface area contributed by atoms with Crippen LogP contribution in [-0.4, -0.2) is 13.0 Å². The van der Waals surface area contributed by atoms with Crippen LogP contribution in [0.15, 0.2) is 12.2 Å². The minimum absolute atomic E-state index is 0.650. The first-order valence-corrected chi connectivity index (χ1v) is 2.73. The zero-order valence-electron chi connectivity index (χ0n) is 5.05. The third-order valence-electron chi connectivity index (χ3n) is 0.721. The van der Waals surface area contributed by atoms with Crippen molar-refractivity contribution < 1.29 is 4.79 Å². The molecule has 0 aliphatic heterocycles. The molecule has 0 aromatic carbocycles. The van der Waals surface area contributed by atoms with E-state index in [1.165, 1.54) is 0 Å². The van der Waals surface area contributed by atoms with E-state index < -0.39 is 0 Å². The highest BCUT2D eigenvalue weighted by atomic mass is 16.1. The average Bonchev–Trinajstić information content (AvgIpc) is 1.81. The van der Waals surface area contributed by atoms with E-state index in [9.17, 15) is 4.79 Å². The molecule has 0 aliphatic carbocycles. The van der Waals surface area contributed by atoms with Crippen molar-refractivity contribution in [3.8, 4) is 0 Å². The van der Waals surface area contributed by atoms with E-state index in [4.69, 9.17) is 0 Å². The number of hydrogen-bond donors (Lipinski definition) is 1. The van der Waals surface area contributed by atoms with Gasteiger partial charge in [0.1, 0.15) is 0 Å². The largest absolute Gasteiger partial charge is 0.355 e. The number of amides is 1. The van der Waals surface area contributed by atoms with Crippen molar-refractivity contribution in [2.45, 2.75) is 13.3 Å². The quantitative estimate of drug-likeness (QED) is 0.324. The topological polar surface area (TPSA) is 29.1 Å². The van der Waals surface area contributed by atoms with Crippen LogP contribution in [0.4, 0.5) is 0 Å². The Morgan fingerprint density at radius 3 is 2.75 bits per heavy atom. The molecule has 0 fully saturated rings. The Morgan fingerprint density at radius 2 is 2.25 bits per heavy atom. The Morgan fingerprint density at radius 1 is 1.50 bits per heavy atom. The Bertz CT molecular complexity index is 78.6. The summed E-state index contributed by atoms with van der Waals surface area (Å²) in [6.07, 6.45) is 5.66. The molecule has 0 aromatic rings. The van der Waals surface area contributed by atoms with Gasteiger partial charge in [-0.3, -0.25) is 4.79 Å². The van der Waals surface area contributed by atoms with E-state index in [1.807, 2.05) is 12.2 Å². The second-order valence-corrected chi connectivity index (χ2v) is 1.41. The van der Waals surface area contributed by atoms with Crippen molar-refractivity contribution in [1.82, 2.24) is 5.32 Å². The number of nitrogens with one attached hydrogen (secondary N) is 1. The van der Waals surface area contributed by atoms with Gasteiger partial charge in [0, 0.05) is 6.54 Å². The van der Waals surface area contributed by atoms with Crippen LogP contribution < -0.4 is 5.32 Å². The zero-order valence-corrected chi connectivity index (χ0v) is 5.05. The normalized spacial score (nSPS) is 9.62. The summed E-state index contributed by atoms with van der Waals surface area (Å²) in [6.45, 7) is 2.70. The minimum Gasteiger partial charge on any atom is -0.355 e. The molecular formula is C6H11NO. The molecule has 0 atom stereocenters. The standard InChI is InChI=1S/C6H11NO/c1-2-3-4-5-7-6-8/h3-4,6H,2,5H2,1H3,(H,7,8)/b4-3+. The third-order valence-corrected chi connectivity index (χ3v) is 0.721. The van der Waals surface area contributed by atoms with Gasteiger partial charge >= 0.3 is 0 Å². The van der Waals surface area contributed by atoms with Gasteiger partial charge in [0.2, 0.25) is 6.41 Å². The summed E-state index contributed by atoms with van der Waals surface area (Å²) in [6, 6.07) is 0. The van der Waals surface area contributed by atoms with Crippen LogP contribution in [-0.2, 0) is 4.79 Å².